The van der Waals surface area contributed by atoms with Crippen LogP contribution in [-0.2, 0) is 9.59 Å². The zero-order valence-corrected chi connectivity index (χ0v) is 15.6. The molecule has 7 heteroatoms. The summed E-state index contributed by atoms with van der Waals surface area (Å²) in [4.78, 5) is 25.2. The van der Waals surface area contributed by atoms with E-state index >= 15 is 0 Å². The fourth-order valence-electron chi connectivity index (χ4n) is 4.37. The van der Waals surface area contributed by atoms with E-state index in [-0.39, 0.29) is 41.3 Å². The highest BCUT2D eigenvalue weighted by Crippen LogP contribution is 2.52. The van der Waals surface area contributed by atoms with Gasteiger partial charge < -0.3 is 4.42 Å². The number of carbonyl (C=O) groups excluding carboxylic acids is 2. The van der Waals surface area contributed by atoms with Crippen molar-refractivity contribution in [2.75, 3.05) is 0 Å². The smallest absolute Gasteiger partial charge is 0.254 e. The number of benzene rings is 1. The topological polar surface area (TPSA) is 62.9 Å². The Balaban J connectivity index is 1.37. The van der Waals surface area contributed by atoms with Gasteiger partial charge in [0.2, 0.25) is 0 Å². The summed E-state index contributed by atoms with van der Waals surface area (Å²) in [6, 6.07) is 7.72. The minimum Gasteiger partial charge on any atom is -0.455 e. The maximum absolute atomic E-state index is 13.2. The number of carbonyl (C=O) groups is 2. The number of hydrogen-bond donors (Lipinski definition) is 0. The average molecular weight is 429 g/mol. The van der Waals surface area contributed by atoms with Gasteiger partial charge in [-0.2, -0.15) is 10.1 Å². The molecule has 5 rings (SSSR count). The molecule has 2 aliphatic carbocycles. The number of nitrogens with zero attached hydrogens (tertiary/aromatic N) is 2. The lowest BCUT2D eigenvalue weighted by Crippen LogP contribution is -2.28. The third-order valence-electron chi connectivity index (χ3n) is 5.57. The van der Waals surface area contributed by atoms with Crippen molar-refractivity contribution in [3.8, 4) is 11.3 Å². The number of fused-ring (bicyclic) bond motifs is 5. The molecule has 0 unspecified atom stereocenters. The van der Waals surface area contributed by atoms with Gasteiger partial charge in [-0.3, -0.25) is 9.59 Å². The Morgan fingerprint density at radius 2 is 1.81 bits per heavy atom. The molecule has 1 saturated heterocycles. The second kappa shape index (κ2) is 5.99. The number of imide groups is 1. The van der Waals surface area contributed by atoms with Crippen LogP contribution in [0.15, 0.2) is 56.5 Å². The molecule has 27 heavy (non-hydrogen) atoms. The largest absolute Gasteiger partial charge is 0.455 e. The maximum atomic E-state index is 13.2. The van der Waals surface area contributed by atoms with Crippen molar-refractivity contribution in [1.29, 1.82) is 0 Å². The average Bonchev–Trinajstić information content (AvgIpc) is 3.39. The molecule has 1 saturated carbocycles. The van der Waals surface area contributed by atoms with Crippen molar-refractivity contribution in [1.82, 2.24) is 5.01 Å². The molecular weight excluding hydrogens is 415 g/mol. The van der Waals surface area contributed by atoms with Crippen LogP contribution in [0.3, 0.4) is 0 Å². The monoisotopic (exact) mass is 428 g/mol. The minimum atomic E-state index is -0.348. The summed E-state index contributed by atoms with van der Waals surface area (Å²) < 4.78 is 19.5. The van der Waals surface area contributed by atoms with Gasteiger partial charge in [0.25, 0.3) is 11.8 Å². The summed E-state index contributed by atoms with van der Waals surface area (Å²) in [5.74, 6) is -0.109. The zero-order valence-electron chi connectivity index (χ0n) is 14.0. The Morgan fingerprint density at radius 3 is 2.48 bits per heavy atom. The summed E-state index contributed by atoms with van der Waals surface area (Å²) in [5.41, 5.74) is 0.696. The standard InChI is InChI=1S/C20H14BrFN2O3/c21-15-8-12(22)3-5-14(15)16-6-4-13(27-16)9-23-24-19(25)17-10-1-2-11(7-10)18(17)20(24)26/h1-6,8-11,17-18H,7H2/t10-,11-,17-,18+/m0/s1. The lowest BCUT2D eigenvalue weighted by atomic mass is 9.85. The zero-order chi connectivity index (χ0) is 18.7. The van der Waals surface area contributed by atoms with Gasteiger partial charge in [0.05, 0.1) is 18.1 Å². The molecule has 136 valence electrons. The van der Waals surface area contributed by atoms with Gasteiger partial charge in [-0.25, -0.2) is 4.39 Å². The normalized spacial score (nSPS) is 28.7. The van der Waals surface area contributed by atoms with Crippen LogP contribution in [0, 0.1) is 29.5 Å². The molecule has 0 radical (unpaired) electrons. The Labute approximate surface area is 162 Å². The SMILES string of the molecule is O=C1[C@@H]2[C@H](C(=O)N1N=Cc1ccc(-c3ccc(F)cc3Br)o1)[C@H]1C=C[C@H]2C1. The Morgan fingerprint density at radius 1 is 1.11 bits per heavy atom. The van der Waals surface area contributed by atoms with Crippen LogP contribution in [-0.4, -0.2) is 23.0 Å². The van der Waals surface area contributed by atoms with E-state index < -0.39 is 0 Å². The third-order valence-corrected chi connectivity index (χ3v) is 6.23. The van der Waals surface area contributed by atoms with E-state index in [0.717, 1.165) is 11.4 Å². The van der Waals surface area contributed by atoms with Crippen LogP contribution < -0.4 is 0 Å². The van der Waals surface area contributed by atoms with Gasteiger partial charge in [0.15, 0.2) is 0 Å². The number of hydrogen-bond acceptors (Lipinski definition) is 4. The summed E-state index contributed by atoms with van der Waals surface area (Å²) in [7, 11) is 0. The van der Waals surface area contributed by atoms with Crippen molar-refractivity contribution in [3.05, 3.63) is 58.5 Å². The summed E-state index contributed by atoms with van der Waals surface area (Å²) in [6.45, 7) is 0. The molecule has 0 spiro atoms. The number of hydrazone groups is 1. The predicted molar refractivity (Wildman–Crippen MR) is 99.0 cm³/mol. The first kappa shape index (κ1) is 16.6. The summed E-state index contributed by atoms with van der Waals surface area (Å²) in [6.07, 6.45) is 6.35. The molecule has 0 N–H and O–H groups in total. The number of halogens is 2. The van der Waals surface area contributed by atoms with E-state index in [9.17, 15) is 14.0 Å². The van der Waals surface area contributed by atoms with Gasteiger partial charge in [0, 0.05) is 10.0 Å². The molecule has 2 heterocycles. The van der Waals surface area contributed by atoms with Gasteiger partial charge in [-0.15, -0.1) is 0 Å². The van der Waals surface area contributed by atoms with Crippen LogP contribution >= 0.6 is 15.9 Å². The van der Waals surface area contributed by atoms with E-state index in [4.69, 9.17) is 4.42 Å². The first-order chi connectivity index (χ1) is 13.0. The summed E-state index contributed by atoms with van der Waals surface area (Å²) in [5, 5.41) is 5.08. The van der Waals surface area contributed by atoms with E-state index in [1.165, 1.54) is 18.3 Å². The van der Waals surface area contributed by atoms with Crippen molar-refractivity contribution in [3.63, 3.8) is 0 Å². The van der Waals surface area contributed by atoms with Gasteiger partial charge in [0.1, 0.15) is 17.3 Å². The molecule has 3 aliphatic rings. The Kier molecular flexibility index (Phi) is 3.69. The fraction of sp³-hybridized carbons (Fsp3) is 0.250. The molecule has 4 atom stereocenters. The maximum Gasteiger partial charge on any atom is 0.254 e. The van der Waals surface area contributed by atoms with Crippen molar-refractivity contribution in [2.45, 2.75) is 6.42 Å². The van der Waals surface area contributed by atoms with Crippen molar-refractivity contribution < 1.29 is 18.4 Å². The molecule has 2 amide bonds. The highest BCUT2D eigenvalue weighted by Gasteiger charge is 2.59. The summed E-state index contributed by atoms with van der Waals surface area (Å²) >= 11 is 3.31. The molecule has 2 aromatic rings. The molecule has 2 fully saturated rings. The Bertz CT molecular complexity index is 998. The van der Waals surface area contributed by atoms with Crippen molar-refractivity contribution in [2.24, 2.45) is 28.8 Å². The minimum absolute atomic E-state index is 0.155. The second-order valence-electron chi connectivity index (χ2n) is 7.06. The van der Waals surface area contributed by atoms with E-state index in [1.807, 2.05) is 12.2 Å². The highest BCUT2D eigenvalue weighted by atomic mass is 79.9. The second-order valence-corrected chi connectivity index (χ2v) is 7.91. The lowest BCUT2D eigenvalue weighted by molar-refractivity contribution is -0.140. The highest BCUT2D eigenvalue weighted by molar-refractivity contribution is 9.10. The van der Waals surface area contributed by atoms with Crippen LogP contribution in [0.25, 0.3) is 11.3 Å². The van der Waals surface area contributed by atoms with E-state index in [0.29, 0.717) is 21.6 Å². The molecular formula is C20H14BrFN2O3. The van der Waals surface area contributed by atoms with Crippen LogP contribution in [0.1, 0.15) is 12.2 Å². The molecule has 1 aromatic heterocycles. The molecule has 5 nitrogen and oxygen atoms in total. The number of allylic oxidation sites excluding steroid dienone is 2. The van der Waals surface area contributed by atoms with Crippen LogP contribution in [0.2, 0.25) is 0 Å². The Hall–Kier alpha value is -2.54. The first-order valence-electron chi connectivity index (χ1n) is 8.68. The third kappa shape index (κ3) is 2.52. The van der Waals surface area contributed by atoms with Gasteiger partial charge in [-0.1, -0.05) is 12.2 Å². The quantitative estimate of drug-likeness (QED) is 0.421. The van der Waals surface area contributed by atoms with Gasteiger partial charge >= 0.3 is 0 Å². The number of rotatable bonds is 3. The van der Waals surface area contributed by atoms with Gasteiger partial charge in [-0.05, 0) is 64.5 Å². The molecule has 1 aliphatic heterocycles. The first-order valence-corrected chi connectivity index (χ1v) is 9.47. The number of amides is 2. The fourth-order valence-corrected chi connectivity index (χ4v) is 4.92. The number of furan rings is 1. The molecule has 2 bridgehead atoms. The molecule has 1 aromatic carbocycles. The van der Waals surface area contributed by atoms with E-state index in [1.54, 1.807) is 18.2 Å². The van der Waals surface area contributed by atoms with E-state index in [2.05, 4.69) is 21.0 Å². The lowest BCUT2D eigenvalue weighted by Gasteiger charge is -2.13. The van der Waals surface area contributed by atoms with Crippen LogP contribution in [0.5, 0.6) is 0 Å². The van der Waals surface area contributed by atoms with Crippen molar-refractivity contribution >= 4 is 34.0 Å². The predicted octanol–water partition coefficient (Wildman–Crippen LogP) is 3.99. The van der Waals surface area contributed by atoms with Crippen LogP contribution in [0.4, 0.5) is 4.39 Å².